The molecule has 0 radical (unpaired) electrons. The van der Waals surface area contributed by atoms with Crippen molar-refractivity contribution in [2.75, 3.05) is 13.2 Å². The number of nitrogens with one attached hydrogen (secondary N) is 1. The summed E-state index contributed by atoms with van der Waals surface area (Å²) in [5.41, 5.74) is 5.53. The third-order valence-corrected chi connectivity index (χ3v) is 4.58. The van der Waals surface area contributed by atoms with Crippen LogP contribution in [0.25, 0.3) is 10.8 Å². The summed E-state index contributed by atoms with van der Waals surface area (Å²) in [4.78, 5) is 12.2. The second-order valence-electron chi connectivity index (χ2n) is 6.33. The number of hydrogen-bond acceptors (Lipinski definition) is 3. The smallest absolute Gasteiger partial charge is 0.240 e. The van der Waals surface area contributed by atoms with Gasteiger partial charge in [-0.1, -0.05) is 49.6 Å². The third kappa shape index (κ3) is 3.82. The van der Waals surface area contributed by atoms with E-state index in [1.165, 1.54) is 11.8 Å². The Morgan fingerprint density at radius 3 is 2.61 bits per heavy atom. The van der Waals surface area contributed by atoms with Crippen LogP contribution in [0.3, 0.4) is 0 Å². The average Bonchev–Trinajstić information content (AvgIpc) is 2.59. The molecule has 2 aromatic rings. The molecule has 0 bridgehead atoms. The van der Waals surface area contributed by atoms with Gasteiger partial charge in [0.05, 0.1) is 12.1 Å². The molecule has 122 valence electrons. The van der Waals surface area contributed by atoms with Crippen molar-refractivity contribution in [3.63, 3.8) is 0 Å². The fraction of sp³-hybridized carbons (Fsp3) is 0.421. The Bertz CT molecular complexity index is 678. The zero-order valence-electron chi connectivity index (χ0n) is 13.4. The van der Waals surface area contributed by atoms with Crippen LogP contribution < -0.4 is 15.8 Å². The summed E-state index contributed by atoms with van der Waals surface area (Å²) in [6.45, 7) is 0.921. The third-order valence-electron chi connectivity index (χ3n) is 4.58. The van der Waals surface area contributed by atoms with Crippen molar-refractivity contribution in [3.8, 4) is 5.75 Å². The van der Waals surface area contributed by atoms with Gasteiger partial charge in [-0.15, -0.1) is 0 Å². The maximum Gasteiger partial charge on any atom is 0.240 e. The number of rotatable bonds is 5. The lowest BCUT2D eigenvalue weighted by molar-refractivity contribution is -0.127. The van der Waals surface area contributed by atoms with Crippen LogP contribution in [0.15, 0.2) is 42.5 Å². The minimum Gasteiger partial charge on any atom is -0.492 e. The number of ether oxygens (including phenoxy) is 1. The molecule has 0 spiro atoms. The highest BCUT2D eigenvalue weighted by atomic mass is 16.5. The van der Waals surface area contributed by atoms with Gasteiger partial charge in [-0.05, 0) is 35.7 Å². The molecule has 4 nitrogen and oxygen atoms in total. The molecule has 1 amide bonds. The zero-order valence-corrected chi connectivity index (χ0v) is 13.4. The van der Waals surface area contributed by atoms with Gasteiger partial charge in [0.25, 0.3) is 0 Å². The molecule has 0 atom stereocenters. The highest BCUT2D eigenvalue weighted by molar-refractivity contribution is 5.86. The molecule has 3 rings (SSSR count). The first-order valence-electron chi connectivity index (χ1n) is 8.36. The minimum atomic E-state index is -0.679. The Hall–Kier alpha value is -2.07. The van der Waals surface area contributed by atoms with Crippen molar-refractivity contribution in [2.45, 2.75) is 37.6 Å². The Kier molecular flexibility index (Phi) is 4.82. The summed E-state index contributed by atoms with van der Waals surface area (Å²) in [5, 5.41) is 5.25. The summed E-state index contributed by atoms with van der Waals surface area (Å²) in [6, 6.07) is 14.2. The Balaban J connectivity index is 1.48. The topological polar surface area (TPSA) is 64.4 Å². The van der Waals surface area contributed by atoms with Crippen molar-refractivity contribution < 1.29 is 9.53 Å². The van der Waals surface area contributed by atoms with Gasteiger partial charge >= 0.3 is 0 Å². The first kappa shape index (κ1) is 15.8. The van der Waals surface area contributed by atoms with Crippen LogP contribution in [0, 0.1) is 0 Å². The van der Waals surface area contributed by atoms with Crippen LogP contribution in [0.2, 0.25) is 0 Å². The molecule has 2 aromatic carbocycles. The lowest BCUT2D eigenvalue weighted by atomic mass is 9.82. The molecule has 3 N–H and O–H groups in total. The van der Waals surface area contributed by atoms with Crippen molar-refractivity contribution in [3.05, 3.63) is 42.5 Å². The van der Waals surface area contributed by atoms with Crippen molar-refractivity contribution in [1.29, 1.82) is 0 Å². The largest absolute Gasteiger partial charge is 0.492 e. The first-order valence-corrected chi connectivity index (χ1v) is 8.36. The summed E-state index contributed by atoms with van der Waals surface area (Å²) in [6.07, 6.45) is 4.82. The van der Waals surface area contributed by atoms with Crippen molar-refractivity contribution >= 4 is 16.7 Å². The molecule has 23 heavy (non-hydrogen) atoms. The van der Waals surface area contributed by atoms with E-state index >= 15 is 0 Å². The second kappa shape index (κ2) is 7.01. The lowest BCUT2D eigenvalue weighted by Crippen LogP contribution is -2.55. The summed E-state index contributed by atoms with van der Waals surface area (Å²) < 4.78 is 5.73. The van der Waals surface area contributed by atoms with Crippen LogP contribution in [0.4, 0.5) is 0 Å². The molecule has 1 aliphatic carbocycles. The summed E-state index contributed by atoms with van der Waals surface area (Å²) >= 11 is 0. The predicted molar refractivity (Wildman–Crippen MR) is 92.5 cm³/mol. The highest BCUT2D eigenvalue weighted by Crippen LogP contribution is 2.26. The molecule has 0 heterocycles. The van der Waals surface area contributed by atoms with E-state index in [0.717, 1.165) is 36.8 Å². The molecular weight excluding hydrogens is 288 g/mol. The minimum absolute atomic E-state index is 0.0423. The van der Waals surface area contributed by atoms with Gasteiger partial charge in [0.2, 0.25) is 5.91 Å². The number of fused-ring (bicyclic) bond motifs is 1. The summed E-state index contributed by atoms with van der Waals surface area (Å²) in [7, 11) is 0. The fourth-order valence-corrected chi connectivity index (χ4v) is 3.18. The molecule has 1 saturated carbocycles. The van der Waals surface area contributed by atoms with Gasteiger partial charge in [0.1, 0.15) is 12.4 Å². The predicted octanol–water partition coefficient (Wildman–Crippen LogP) is 3.00. The molecule has 0 saturated heterocycles. The monoisotopic (exact) mass is 312 g/mol. The number of amides is 1. The van der Waals surface area contributed by atoms with Gasteiger partial charge in [0.15, 0.2) is 0 Å². The number of carbonyl (C=O) groups excluding carboxylic acids is 1. The maximum absolute atomic E-state index is 12.2. The molecule has 1 fully saturated rings. The number of carbonyl (C=O) groups is 1. The van der Waals surface area contributed by atoms with Crippen LogP contribution >= 0.6 is 0 Å². The molecular formula is C19H24N2O2. The highest BCUT2D eigenvalue weighted by Gasteiger charge is 2.34. The van der Waals surface area contributed by atoms with E-state index in [4.69, 9.17) is 10.5 Å². The fourth-order valence-electron chi connectivity index (χ4n) is 3.18. The quantitative estimate of drug-likeness (QED) is 0.834. The normalized spacial score (nSPS) is 16.9. The number of hydrogen-bond donors (Lipinski definition) is 2. The first-order chi connectivity index (χ1) is 11.2. The van der Waals surface area contributed by atoms with Crippen LogP contribution in [0.1, 0.15) is 32.1 Å². The van der Waals surface area contributed by atoms with Gasteiger partial charge in [-0.25, -0.2) is 0 Å². The van der Waals surface area contributed by atoms with Gasteiger partial charge in [-0.3, -0.25) is 4.79 Å². The van der Waals surface area contributed by atoms with E-state index in [0.29, 0.717) is 13.2 Å². The van der Waals surface area contributed by atoms with Crippen molar-refractivity contribution in [2.24, 2.45) is 5.73 Å². The van der Waals surface area contributed by atoms with Gasteiger partial charge < -0.3 is 15.8 Å². The van der Waals surface area contributed by atoms with Gasteiger partial charge in [-0.2, -0.15) is 0 Å². The van der Waals surface area contributed by atoms with Crippen LogP contribution in [-0.4, -0.2) is 24.6 Å². The molecule has 0 aliphatic heterocycles. The Morgan fingerprint density at radius 1 is 1.09 bits per heavy atom. The van der Waals surface area contributed by atoms with Gasteiger partial charge in [0, 0.05) is 0 Å². The number of benzene rings is 2. The van der Waals surface area contributed by atoms with E-state index in [1.807, 2.05) is 30.3 Å². The Labute approximate surface area is 137 Å². The standard InChI is InChI=1S/C19H24N2O2/c20-19(10-4-1-5-11-19)18(22)21-12-13-23-17-9-8-15-6-2-3-7-16(15)14-17/h2-3,6-9,14H,1,4-5,10-13,20H2,(H,21,22). The molecule has 4 heteroatoms. The van der Waals surface area contributed by atoms with Crippen LogP contribution in [0.5, 0.6) is 5.75 Å². The van der Waals surface area contributed by atoms with E-state index in [1.54, 1.807) is 0 Å². The Morgan fingerprint density at radius 2 is 1.83 bits per heavy atom. The molecule has 1 aliphatic rings. The van der Waals surface area contributed by atoms with Crippen molar-refractivity contribution in [1.82, 2.24) is 5.32 Å². The summed E-state index contributed by atoms with van der Waals surface area (Å²) in [5.74, 6) is 0.775. The molecule has 0 aromatic heterocycles. The lowest BCUT2D eigenvalue weighted by Gasteiger charge is -2.31. The average molecular weight is 312 g/mol. The zero-order chi connectivity index (χ0) is 16.1. The number of nitrogens with two attached hydrogens (primary N) is 1. The molecule has 0 unspecified atom stereocenters. The van der Waals surface area contributed by atoms with E-state index in [2.05, 4.69) is 17.4 Å². The second-order valence-corrected chi connectivity index (χ2v) is 6.33. The van der Waals surface area contributed by atoms with E-state index < -0.39 is 5.54 Å². The van der Waals surface area contributed by atoms with E-state index in [9.17, 15) is 4.79 Å². The van der Waals surface area contributed by atoms with Crippen LogP contribution in [-0.2, 0) is 4.79 Å². The van der Waals surface area contributed by atoms with E-state index in [-0.39, 0.29) is 5.91 Å². The maximum atomic E-state index is 12.2. The SMILES string of the molecule is NC1(C(=O)NCCOc2ccc3ccccc3c2)CCCCC1.